The normalized spacial score (nSPS) is 11.1. The summed E-state index contributed by atoms with van der Waals surface area (Å²) >= 11 is 0. The van der Waals surface area contributed by atoms with Gasteiger partial charge in [-0.05, 0) is 45.8 Å². The zero-order chi connectivity index (χ0) is 11.1. The van der Waals surface area contributed by atoms with Crippen LogP contribution in [0.15, 0.2) is 48.5 Å². The quantitative estimate of drug-likeness (QED) is 0.490. The first kappa shape index (κ1) is 9.28. The number of benzene rings is 3. The fourth-order valence-corrected chi connectivity index (χ4v) is 2.00. The third kappa shape index (κ3) is 1.34. The summed E-state index contributed by atoms with van der Waals surface area (Å²) in [6.45, 7) is 0. The Balaban J connectivity index is 2.52. The van der Waals surface area contributed by atoms with Gasteiger partial charge in [-0.2, -0.15) is 0 Å². The molecule has 0 amide bonds. The maximum absolute atomic E-state index is 13.2. The minimum atomic E-state index is -0.275. The van der Waals surface area contributed by atoms with E-state index in [2.05, 4.69) is 0 Å². The third-order valence-corrected chi connectivity index (χ3v) is 2.76. The van der Waals surface area contributed by atoms with Gasteiger partial charge < -0.3 is 0 Å². The molecule has 3 aromatic rings. The van der Waals surface area contributed by atoms with Crippen molar-refractivity contribution in [1.29, 1.82) is 0 Å². The summed E-state index contributed by atoms with van der Waals surface area (Å²) in [7, 11) is 0. The molecule has 0 radical (unpaired) electrons. The van der Waals surface area contributed by atoms with Crippen molar-refractivity contribution in [3.63, 3.8) is 0 Å². The molecule has 0 aliphatic carbocycles. The van der Waals surface area contributed by atoms with Crippen LogP contribution in [0.4, 0.5) is 8.78 Å². The summed E-state index contributed by atoms with van der Waals surface area (Å²) in [5.41, 5.74) is 0. The number of halogens is 2. The lowest BCUT2D eigenvalue weighted by molar-refractivity contribution is 0.629. The highest BCUT2D eigenvalue weighted by molar-refractivity contribution is 6.07. The lowest BCUT2D eigenvalue weighted by Crippen LogP contribution is -1.81. The van der Waals surface area contributed by atoms with Gasteiger partial charge in [0.15, 0.2) is 0 Å². The summed E-state index contributed by atoms with van der Waals surface area (Å²) in [6, 6.07) is 12.9. The van der Waals surface area contributed by atoms with E-state index in [1.807, 2.05) is 12.1 Å². The molecule has 0 unspecified atom stereocenters. The van der Waals surface area contributed by atoms with Gasteiger partial charge in [-0.3, -0.25) is 0 Å². The fourth-order valence-electron chi connectivity index (χ4n) is 2.00. The average Bonchev–Trinajstić information content (AvgIpc) is 2.28. The minimum absolute atomic E-state index is 0.274. The Kier molecular flexibility index (Phi) is 1.90. The summed E-state index contributed by atoms with van der Waals surface area (Å²) in [5, 5.41) is 3.44. The first-order valence-electron chi connectivity index (χ1n) is 5.01. The highest BCUT2D eigenvalue weighted by Gasteiger charge is 2.02. The topological polar surface area (TPSA) is 0 Å². The van der Waals surface area contributed by atoms with E-state index in [1.165, 1.54) is 24.3 Å². The van der Waals surface area contributed by atoms with E-state index in [4.69, 9.17) is 0 Å². The molecule has 0 aliphatic heterocycles. The second kappa shape index (κ2) is 3.27. The first-order valence-corrected chi connectivity index (χ1v) is 5.01. The summed E-state index contributed by atoms with van der Waals surface area (Å²) in [6.07, 6.45) is 0. The second-order valence-electron chi connectivity index (χ2n) is 3.80. The van der Waals surface area contributed by atoms with Crippen LogP contribution in [0.2, 0.25) is 0 Å². The molecule has 78 valence electrons. The molecule has 0 saturated heterocycles. The van der Waals surface area contributed by atoms with Crippen molar-refractivity contribution in [2.75, 3.05) is 0 Å². The Morgan fingerprint density at radius 1 is 0.562 bits per heavy atom. The Hall–Kier alpha value is -1.96. The fraction of sp³-hybridized carbons (Fsp3) is 0. The van der Waals surface area contributed by atoms with Crippen LogP contribution in [-0.4, -0.2) is 0 Å². The molecule has 0 saturated carbocycles. The number of rotatable bonds is 0. The summed E-state index contributed by atoms with van der Waals surface area (Å²) < 4.78 is 26.2. The number of hydrogen-bond donors (Lipinski definition) is 0. The van der Waals surface area contributed by atoms with Crippen molar-refractivity contribution >= 4 is 21.5 Å². The molecule has 3 aromatic carbocycles. The third-order valence-electron chi connectivity index (χ3n) is 2.76. The van der Waals surface area contributed by atoms with Crippen molar-refractivity contribution < 1.29 is 8.78 Å². The van der Waals surface area contributed by atoms with Crippen LogP contribution in [0, 0.1) is 11.6 Å². The molecule has 16 heavy (non-hydrogen) atoms. The lowest BCUT2D eigenvalue weighted by atomic mass is 10.0. The average molecular weight is 214 g/mol. The van der Waals surface area contributed by atoms with Gasteiger partial charge in [-0.25, -0.2) is 8.78 Å². The van der Waals surface area contributed by atoms with Gasteiger partial charge in [0.1, 0.15) is 11.6 Å². The number of fused-ring (bicyclic) bond motifs is 3. The van der Waals surface area contributed by atoms with Gasteiger partial charge in [0.05, 0.1) is 0 Å². The van der Waals surface area contributed by atoms with Crippen LogP contribution in [0.1, 0.15) is 0 Å². The van der Waals surface area contributed by atoms with Crippen LogP contribution < -0.4 is 0 Å². The Morgan fingerprint density at radius 2 is 1.19 bits per heavy atom. The van der Waals surface area contributed by atoms with Crippen molar-refractivity contribution in [2.45, 2.75) is 0 Å². The monoisotopic (exact) mass is 214 g/mol. The molecule has 0 aromatic heterocycles. The van der Waals surface area contributed by atoms with Gasteiger partial charge in [0.2, 0.25) is 0 Å². The molecule has 0 fully saturated rings. The van der Waals surface area contributed by atoms with Gasteiger partial charge in [0, 0.05) is 0 Å². The van der Waals surface area contributed by atoms with Crippen LogP contribution in [0.3, 0.4) is 0 Å². The molecular weight excluding hydrogens is 206 g/mol. The minimum Gasteiger partial charge on any atom is -0.207 e. The second-order valence-corrected chi connectivity index (χ2v) is 3.80. The Morgan fingerprint density at radius 3 is 2.06 bits per heavy atom. The van der Waals surface area contributed by atoms with E-state index in [0.717, 1.165) is 21.5 Å². The highest BCUT2D eigenvalue weighted by atomic mass is 19.1. The maximum Gasteiger partial charge on any atom is 0.123 e. The van der Waals surface area contributed by atoms with Crippen LogP contribution in [-0.2, 0) is 0 Å². The van der Waals surface area contributed by atoms with Crippen LogP contribution in [0.5, 0.6) is 0 Å². The maximum atomic E-state index is 13.2. The van der Waals surface area contributed by atoms with E-state index in [9.17, 15) is 8.78 Å². The van der Waals surface area contributed by atoms with E-state index in [0.29, 0.717) is 0 Å². The van der Waals surface area contributed by atoms with E-state index >= 15 is 0 Å². The van der Waals surface area contributed by atoms with Crippen molar-refractivity contribution in [3.8, 4) is 0 Å². The molecule has 0 atom stereocenters. The van der Waals surface area contributed by atoms with E-state index in [-0.39, 0.29) is 11.6 Å². The zero-order valence-electron chi connectivity index (χ0n) is 8.37. The predicted octanol–water partition coefficient (Wildman–Crippen LogP) is 4.27. The highest BCUT2D eigenvalue weighted by Crippen LogP contribution is 2.26. The molecule has 0 N–H and O–H groups in total. The first-order chi connectivity index (χ1) is 7.74. The zero-order valence-corrected chi connectivity index (χ0v) is 8.37. The molecule has 0 heterocycles. The smallest absolute Gasteiger partial charge is 0.123 e. The van der Waals surface area contributed by atoms with E-state index in [1.54, 1.807) is 12.1 Å². The SMILES string of the molecule is Fc1ccc2c(ccc3ccc(F)cc32)c1. The summed E-state index contributed by atoms with van der Waals surface area (Å²) in [5.74, 6) is -0.549. The van der Waals surface area contributed by atoms with Gasteiger partial charge in [0.25, 0.3) is 0 Å². The predicted molar refractivity (Wildman–Crippen MR) is 61.4 cm³/mol. The molecule has 0 bridgehead atoms. The Bertz CT molecular complexity index is 687. The standard InChI is InChI=1S/C14H8F2/c15-11-5-6-13-10(7-11)2-1-9-3-4-12(16)8-14(9)13/h1-8H. The van der Waals surface area contributed by atoms with E-state index < -0.39 is 0 Å². The largest absolute Gasteiger partial charge is 0.207 e. The molecule has 0 nitrogen and oxygen atoms in total. The molecule has 0 aliphatic rings. The molecule has 0 spiro atoms. The van der Waals surface area contributed by atoms with Gasteiger partial charge >= 0.3 is 0 Å². The van der Waals surface area contributed by atoms with Crippen molar-refractivity contribution in [3.05, 3.63) is 60.2 Å². The van der Waals surface area contributed by atoms with Crippen molar-refractivity contribution in [1.82, 2.24) is 0 Å². The lowest BCUT2D eigenvalue weighted by Gasteiger charge is -2.03. The molecule has 3 rings (SSSR count). The van der Waals surface area contributed by atoms with Gasteiger partial charge in [-0.1, -0.05) is 24.3 Å². The van der Waals surface area contributed by atoms with Gasteiger partial charge in [-0.15, -0.1) is 0 Å². The van der Waals surface area contributed by atoms with Crippen molar-refractivity contribution in [2.24, 2.45) is 0 Å². The van der Waals surface area contributed by atoms with Crippen LogP contribution >= 0.6 is 0 Å². The number of hydrogen-bond acceptors (Lipinski definition) is 0. The van der Waals surface area contributed by atoms with Crippen LogP contribution in [0.25, 0.3) is 21.5 Å². The molecular formula is C14H8F2. The Labute approximate surface area is 91.1 Å². The molecule has 2 heteroatoms. The summed E-state index contributed by atoms with van der Waals surface area (Å²) in [4.78, 5) is 0.